The van der Waals surface area contributed by atoms with Crippen LogP contribution in [0, 0.1) is 6.92 Å². The molecule has 2 aromatic rings. The van der Waals surface area contributed by atoms with E-state index < -0.39 is 10.0 Å². The summed E-state index contributed by atoms with van der Waals surface area (Å²) in [4.78, 5) is 3.86. The van der Waals surface area contributed by atoms with E-state index in [9.17, 15) is 8.42 Å². The second kappa shape index (κ2) is 5.16. The van der Waals surface area contributed by atoms with Gasteiger partial charge in [0.25, 0.3) is 10.0 Å². The number of H-pyrrole nitrogens is 1. The molecule has 0 saturated heterocycles. The number of hydrogen-bond acceptors (Lipinski definition) is 5. The molecule has 0 unspecified atom stereocenters. The van der Waals surface area contributed by atoms with Gasteiger partial charge in [-0.05, 0) is 19.1 Å². The number of halogens is 1. The minimum atomic E-state index is -3.88. The summed E-state index contributed by atoms with van der Waals surface area (Å²) >= 11 is 5.85. The van der Waals surface area contributed by atoms with Gasteiger partial charge in [0.05, 0.1) is 5.02 Å². The Labute approximate surface area is 115 Å². The molecule has 2 heterocycles. The van der Waals surface area contributed by atoms with Gasteiger partial charge in [-0.1, -0.05) is 11.6 Å². The average molecular weight is 302 g/mol. The number of sulfonamides is 1. The van der Waals surface area contributed by atoms with Crippen LogP contribution in [0.15, 0.2) is 23.4 Å². The lowest BCUT2D eigenvalue weighted by Gasteiger charge is -2.07. The van der Waals surface area contributed by atoms with E-state index in [1.165, 1.54) is 12.3 Å². The van der Waals surface area contributed by atoms with Crippen LogP contribution in [-0.2, 0) is 16.6 Å². The van der Waals surface area contributed by atoms with Crippen molar-refractivity contribution in [2.45, 2.75) is 18.5 Å². The van der Waals surface area contributed by atoms with E-state index in [-0.39, 0.29) is 22.4 Å². The van der Waals surface area contributed by atoms with Crippen molar-refractivity contribution in [3.8, 4) is 0 Å². The van der Waals surface area contributed by atoms with Crippen LogP contribution >= 0.6 is 11.6 Å². The maximum Gasteiger partial charge on any atom is 0.282 e. The number of hydrogen-bond donors (Lipinski definition) is 3. The third kappa shape index (κ3) is 2.70. The molecule has 0 amide bonds. The summed E-state index contributed by atoms with van der Waals surface area (Å²) in [5, 5.41) is 6.41. The van der Waals surface area contributed by atoms with Crippen LogP contribution in [0.4, 0.5) is 5.82 Å². The highest BCUT2D eigenvalue weighted by atomic mass is 35.5. The highest BCUT2D eigenvalue weighted by molar-refractivity contribution is 7.92. The lowest BCUT2D eigenvalue weighted by molar-refractivity contribution is 0.595. The molecule has 0 bridgehead atoms. The summed E-state index contributed by atoms with van der Waals surface area (Å²) in [5.74, 6) is 0.0489. The second-order valence-corrected chi connectivity index (χ2v) is 5.78. The zero-order valence-electron chi connectivity index (χ0n) is 10.0. The van der Waals surface area contributed by atoms with Crippen molar-refractivity contribution in [2.24, 2.45) is 5.73 Å². The molecule has 0 aliphatic carbocycles. The summed E-state index contributed by atoms with van der Waals surface area (Å²) in [6.45, 7) is 1.76. The van der Waals surface area contributed by atoms with Crippen LogP contribution in [0.25, 0.3) is 0 Å². The van der Waals surface area contributed by atoms with Crippen LogP contribution < -0.4 is 10.5 Å². The predicted octanol–water partition coefficient (Wildman–Crippen LogP) is 1.03. The number of aromatic nitrogens is 3. The third-order valence-electron chi connectivity index (χ3n) is 2.48. The number of pyridine rings is 1. The Hall–Kier alpha value is -1.64. The number of aromatic amines is 1. The summed E-state index contributed by atoms with van der Waals surface area (Å²) in [5.41, 5.74) is 6.56. The third-order valence-corrected chi connectivity index (χ3v) is 4.10. The van der Waals surface area contributed by atoms with Gasteiger partial charge in [0, 0.05) is 24.0 Å². The van der Waals surface area contributed by atoms with Crippen LogP contribution in [0.3, 0.4) is 0 Å². The smallest absolute Gasteiger partial charge is 0.282 e. The number of rotatable bonds is 4. The van der Waals surface area contributed by atoms with Crippen molar-refractivity contribution >= 4 is 27.4 Å². The van der Waals surface area contributed by atoms with Gasteiger partial charge in [-0.25, -0.2) is 4.98 Å². The summed E-state index contributed by atoms with van der Waals surface area (Å²) in [6.07, 6.45) is 1.43. The van der Waals surface area contributed by atoms with E-state index in [1.807, 2.05) is 0 Å². The quantitative estimate of drug-likeness (QED) is 0.780. The molecular weight excluding hydrogens is 290 g/mol. The standard InChI is InChI=1S/C10H12ClN5O2S/c1-6-7(5-12)10(15-14-6)19(17,18)16-9-8(11)3-2-4-13-9/h2-4H,5,12H2,1H3,(H,13,16)(H,14,15). The van der Waals surface area contributed by atoms with Crippen molar-refractivity contribution in [1.82, 2.24) is 15.2 Å². The molecule has 0 saturated carbocycles. The van der Waals surface area contributed by atoms with E-state index in [4.69, 9.17) is 17.3 Å². The Morgan fingerprint density at radius 3 is 2.89 bits per heavy atom. The largest absolute Gasteiger partial charge is 0.326 e. The number of anilines is 1. The van der Waals surface area contributed by atoms with Gasteiger partial charge < -0.3 is 5.73 Å². The van der Waals surface area contributed by atoms with Crippen molar-refractivity contribution in [3.63, 3.8) is 0 Å². The molecule has 19 heavy (non-hydrogen) atoms. The first-order chi connectivity index (χ1) is 8.95. The molecule has 0 radical (unpaired) electrons. The Balaban J connectivity index is 2.41. The fourth-order valence-electron chi connectivity index (χ4n) is 1.53. The van der Waals surface area contributed by atoms with Crippen LogP contribution in [0.5, 0.6) is 0 Å². The van der Waals surface area contributed by atoms with Crippen LogP contribution in [-0.4, -0.2) is 23.6 Å². The lowest BCUT2D eigenvalue weighted by Crippen LogP contribution is -2.17. The Bertz CT molecular complexity index is 698. The highest BCUT2D eigenvalue weighted by Gasteiger charge is 2.24. The van der Waals surface area contributed by atoms with Crippen molar-refractivity contribution < 1.29 is 8.42 Å². The molecule has 0 aliphatic rings. The van der Waals surface area contributed by atoms with Gasteiger partial charge in [-0.15, -0.1) is 0 Å². The molecule has 7 nitrogen and oxygen atoms in total. The van der Waals surface area contributed by atoms with Gasteiger partial charge in [-0.2, -0.15) is 13.5 Å². The predicted molar refractivity (Wildman–Crippen MR) is 71.3 cm³/mol. The van der Waals surface area contributed by atoms with Gasteiger partial charge in [0.1, 0.15) is 0 Å². The minimum Gasteiger partial charge on any atom is -0.326 e. The van der Waals surface area contributed by atoms with E-state index in [0.717, 1.165) is 0 Å². The zero-order chi connectivity index (χ0) is 14.0. The van der Waals surface area contributed by atoms with E-state index >= 15 is 0 Å². The molecular formula is C10H12ClN5O2S. The Kier molecular flexibility index (Phi) is 3.74. The van der Waals surface area contributed by atoms with E-state index in [1.54, 1.807) is 13.0 Å². The fourth-order valence-corrected chi connectivity index (χ4v) is 2.99. The minimum absolute atomic E-state index is 0.0489. The molecule has 9 heteroatoms. The molecule has 102 valence electrons. The van der Waals surface area contributed by atoms with Crippen LogP contribution in [0.2, 0.25) is 5.02 Å². The van der Waals surface area contributed by atoms with E-state index in [2.05, 4.69) is 19.9 Å². The lowest BCUT2D eigenvalue weighted by atomic mass is 10.3. The number of aryl methyl sites for hydroxylation is 1. The van der Waals surface area contributed by atoms with Crippen LogP contribution in [0.1, 0.15) is 11.3 Å². The van der Waals surface area contributed by atoms with Gasteiger partial charge in [0.15, 0.2) is 5.82 Å². The maximum atomic E-state index is 12.2. The molecule has 4 N–H and O–H groups in total. The number of nitrogens with one attached hydrogen (secondary N) is 2. The first-order valence-electron chi connectivity index (χ1n) is 5.33. The zero-order valence-corrected chi connectivity index (χ0v) is 11.6. The monoisotopic (exact) mass is 301 g/mol. The van der Waals surface area contributed by atoms with Gasteiger partial charge >= 0.3 is 0 Å². The first-order valence-corrected chi connectivity index (χ1v) is 7.19. The number of nitrogens with zero attached hydrogens (tertiary/aromatic N) is 2. The highest BCUT2D eigenvalue weighted by Crippen LogP contribution is 2.23. The van der Waals surface area contributed by atoms with Gasteiger partial charge in [0.2, 0.25) is 5.03 Å². The molecule has 0 spiro atoms. The molecule has 0 aromatic carbocycles. The van der Waals surface area contributed by atoms with Crippen molar-refractivity contribution in [3.05, 3.63) is 34.6 Å². The SMILES string of the molecule is Cc1[nH]nc(S(=O)(=O)Nc2ncccc2Cl)c1CN. The molecule has 2 rings (SSSR count). The number of nitrogens with two attached hydrogens (primary N) is 1. The molecule has 0 fully saturated rings. The topological polar surface area (TPSA) is 114 Å². The average Bonchev–Trinajstić information content (AvgIpc) is 2.74. The molecule has 0 atom stereocenters. The second-order valence-electron chi connectivity index (χ2n) is 3.78. The molecule has 2 aromatic heterocycles. The summed E-state index contributed by atoms with van der Waals surface area (Å²) in [7, 11) is -3.88. The van der Waals surface area contributed by atoms with Gasteiger partial charge in [-0.3, -0.25) is 9.82 Å². The summed E-state index contributed by atoms with van der Waals surface area (Å²) < 4.78 is 26.7. The normalized spacial score (nSPS) is 11.5. The Morgan fingerprint density at radius 1 is 1.53 bits per heavy atom. The Morgan fingerprint density at radius 2 is 2.26 bits per heavy atom. The molecule has 0 aliphatic heterocycles. The van der Waals surface area contributed by atoms with Crippen molar-refractivity contribution in [2.75, 3.05) is 4.72 Å². The van der Waals surface area contributed by atoms with Crippen molar-refractivity contribution in [1.29, 1.82) is 0 Å². The maximum absolute atomic E-state index is 12.2. The summed E-state index contributed by atoms with van der Waals surface area (Å²) in [6, 6.07) is 3.14. The fraction of sp³-hybridized carbons (Fsp3) is 0.200. The van der Waals surface area contributed by atoms with E-state index in [0.29, 0.717) is 11.3 Å². The first kappa shape index (κ1) is 13.8.